The minimum Gasteiger partial charge on any atom is -0.371 e. The molecular weight excluding hydrogens is 787 g/mol. The number of benzene rings is 3. The molecule has 17 nitrogen and oxygen atoms in total. The smallest absolute Gasteiger partial charge is 0.280 e. The lowest BCUT2D eigenvalue weighted by Crippen LogP contribution is -2.49. The van der Waals surface area contributed by atoms with Gasteiger partial charge in [-0.1, -0.05) is 41.6 Å². The van der Waals surface area contributed by atoms with E-state index in [1.807, 2.05) is 48.8 Å². The first-order valence-electron chi connectivity index (χ1n) is 21.6. The summed E-state index contributed by atoms with van der Waals surface area (Å²) in [6.07, 6.45) is 7.87. The maximum absolute atomic E-state index is 13.7. The maximum atomic E-state index is 13.7. The van der Waals surface area contributed by atoms with Gasteiger partial charge in [0.05, 0.1) is 23.8 Å². The Morgan fingerprint density at radius 2 is 1.60 bits per heavy atom. The second kappa shape index (κ2) is 17.0. The molecule has 4 fully saturated rings. The van der Waals surface area contributed by atoms with Crippen LogP contribution in [-0.4, -0.2) is 109 Å². The van der Waals surface area contributed by atoms with E-state index in [0.29, 0.717) is 29.1 Å². The molecule has 0 spiro atoms. The molecule has 6 aromatic rings. The summed E-state index contributed by atoms with van der Waals surface area (Å²) >= 11 is 0. The minimum absolute atomic E-state index is 0.0462. The van der Waals surface area contributed by atoms with Crippen LogP contribution in [0.2, 0.25) is 0 Å². The molecule has 1 saturated carbocycles. The van der Waals surface area contributed by atoms with E-state index in [0.717, 1.165) is 104 Å². The number of piperazine rings is 1. The Labute approximate surface area is 357 Å². The van der Waals surface area contributed by atoms with E-state index in [1.165, 1.54) is 5.69 Å². The zero-order chi connectivity index (χ0) is 42.2. The topological polar surface area (TPSA) is 188 Å². The van der Waals surface area contributed by atoms with Crippen molar-refractivity contribution in [1.29, 1.82) is 0 Å². The second-order valence-electron chi connectivity index (χ2n) is 17.0. The number of carbonyl (C=O) groups excluding carboxylic acids is 3. The van der Waals surface area contributed by atoms with Crippen molar-refractivity contribution >= 4 is 62.7 Å². The van der Waals surface area contributed by atoms with Crippen molar-refractivity contribution in [2.45, 2.75) is 63.1 Å². The van der Waals surface area contributed by atoms with Crippen molar-refractivity contribution in [3.63, 3.8) is 0 Å². The van der Waals surface area contributed by atoms with Crippen molar-refractivity contribution in [3.05, 3.63) is 101 Å². The zero-order valence-corrected chi connectivity index (χ0v) is 34.4. The number of imide groups is 1. The van der Waals surface area contributed by atoms with Crippen molar-refractivity contribution < 1.29 is 14.4 Å². The fourth-order valence-electron chi connectivity index (χ4n) is 9.47. The van der Waals surface area contributed by atoms with E-state index in [1.54, 1.807) is 12.4 Å². The molecule has 1 unspecified atom stereocenters. The Bertz CT molecular complexity index is 2660. The summed E-state index contributed by atoms with van der Waals surface area (Å²) in [5.74, 6) is 0.406. The molecule has 10 rings (SSSR count). The molecule has 3 aliphatic heterocycles. The van der Waals surface area contributed by atoms with Gasteiger partial charge >= 0.3 is 0 Å². The van der Waals surface area contributed by atoms with Gasteiger partial charge in [-0.3, -0.25) is 29.4 Å². The van der Waals surface area contributed by atoms with E-state index in [9.17, 15) is 19.2 Å². The number of piperidine rings is 2. The normalized spacial score (nSPS) is 21.2. The summed E-state index contributed by atoms with van der Waals surface area (Å²) in [6, 6.07) is 23.4. The number of nitrogens with zero attached hydrogens (tertiary/aromatic N) is 10. The Morgan fingerprint density at radius 1 is 0.806 bits per heavy atom. The number of imidazole rings is 1. The standard InChI is InChI=1S/C45H49N13O4/c59-38-14-13-37(44(61)51-38)58-45(62)40-35(52-53-58)7-4-8-36(40)56-17-15-30(16-18-56)26-54-19-21-55(22-20-54)33-11-9-31(10-12-33)50-42-41-43(47-27-46-42)57(28-48-41)34-24-32(25-34)49-39(60)23-29-5-2-1-3-6-29/h1-12,27-28,30,32,34,37H,13-26H2,(H,49,60)(H,46,47,50)(H,51,59,61). The predicted octanol–water partition coefficient (Wildman–Crippen LogP) is 3.75. The second-order valence-corrected chi connectivity index (χ2v) is 17.0. The molecule has 318 valence electrons. The average molecular weight is 836 g/mol. The van der Waals surface area contributed by atoms with Crippen molar-refractivity contribution in [2.24, 2.45) is 5.92 Å². The Balaban J connectivity index is 0.696. The summed E-state index contributed by atoms with van der Waals surface area (Å²) in [4.78, 5) is 71.6. The summed E-state index contributed by atoms with van der Waals surface area (Å²) in [5.41, 5.74) is 5.58. The van der Waals surface area contributed by atoms with Gasteiger partial charge in [0.2, 0.25) is 11.8 Å². The van der Waals surface area contributed by atoms with Crippen LogP contribution in [0.25, 0.3) is 22.1 Å². The number of anilines is 4. The number of hydrogen-bond acceptors (Lipinski definition) is 13. The van der Waals surface area contributed by atoms with E-state index in [4.69, 9.17) is 0 Å². The molecule has 0 bridgehead atoms. The Kier molecular flexibility index (Phi) is 10.8. The Morgan fingerprint density at radius 3 is 2.37 bits per heavy atom. The fourth-order valence-corrected chi connectivity index (χ4v) is 9.47. The number of aromatic nitrogens is 7. The van der Waals surface area contributed by atoms with E-state index >= 15 is 0 Å². The fraction of sp³-hybridized carbons (Fsp3) is 0.400. The van der Waals surface area contributed by atoms with Crippen LogP contribution in [0.5, 0.6) is 0 Å². The number of nitrogens with one attached hydrogen (secondary N) is 3. The first-order chi connectivity index (χ1) is 30.3. The van der Waals surface area contributed by atoms with E-state index < -0.39 is 11.9 Å². The van der Waals surface area contributed by atoms with Crippen LogP contribution >= 0.6 is 0 Å². The van der Waals surface area contributed by atoms with Crippen molar-refractivity contribution in [3.8, 4) is 0 Å². The van der Waals surface area contributed by atoms with Gasteiger partial charge < -0.3 is 25.0 Å². The number of hydrogen-bond donors (Lipinski definition) is 3. The molecule has 0 radical (unpaired) electrons. The van der Waals surface area contributed by atoms with Gasteiger partial charge in [0.25, 0.3) is 11.5 Å². The number of rotatable bonds is 11. The van der Waals surface area contributed by atoms with Crippen LogP contribution in [0.4, 0.5) is 22.9 Å². The van der Waals surface area contributed by atoms with Gasteiger partial charge in [0.15, 0.2) is 17.0 Å². The molecule has 3 amide bonds. The predicted molar refractivity (Wildman–Crippen MR) is 234 cm³/mol. The number of carbonyl (C=O) groups is 3. The molecule has 3 aromatic carbocycles. The highest BCUT2D eigenvalue weighted by Gasteiger charge is 2.34. The first-order valence-corrected chi connectivity index (χ1v) is 21.6. The monoisotopic (exact) mass is 835 g/mol. The van der Waals surface area contributed by atoms with Gasteiger partial charge in [0, 0.05) is 75.7 Å². The SMILES string of the molecule is O=C1CCC(n2nnc3cccc(N4CCC(CN5CCN(c6ccc(Nc7ncnc8c7ncn8C7CC(NC(=O)Cc8ccccc8)C7)cc6)CC5)CC4)c3c2=O)C(=O)N1. The summed E-state index contributed by atoms with van der Waals surface area (Å²) < 4.78 is 3.24. The molecule has 3 N–H and O–H groups in total. The van der Waals surface area contributed by atoms with Crippen LogP contribution in [0.15, 0.2) is 90.2 Å². The van der Waals surface area contributed by atoms with Crippen molar-refractivity contribution in [1.82, 2.24) is 50.0 Å². The van der Waals surface area contributed by atoms with Crippen LogP contribution in [0.1, 0.15) is 56.2 Å². The molecule has 1 aliphatic carbocycles. The minimum atomic E-state index is -0.853. The van der Waals surface area contributed by atoms with Gasteiger partial charge in [-0.15, -0.1) is 5.10 Å². The molecule has 6 heterocycles. The molecule has 3 saturated heterocycles. The lowest BCUT2D eigenvalue weighted by molar-refractivity contribution is -0.136. The van der Waals surface area contributed by atoms with Gasteiger partial charge in [-0.2, -0.15) is 4.68 Å². The summed E-state index contributed by atoms with van der Waals surface area (Å²) in [6.45, 7) is 6.57. The third-order valence-corrected chi connectivity index (χ3v) is 13.0. The molecule has 62 heavy (non-hydrogen) atoms. The third-order valence-electron chi connectivity index (χ3n) is 13.0. The van der Waals surface area contributed by atoms with E-state index in [2.05, 4.69) is 84.7 Å². The van der Waals surface area contributed by atoms with Crippen LogP contribution in [0.3, 0.4) is 0 Å². The quantitative estimate of drug-likeness (QED) is 0.160. The number of amides is 3. The highest BCUT2D eigenvalue weighted by Crippen LogP contribution is 2.36. The number of fused-ring (bicyclic) bond motifs is 2. The van der Waals surface area contributed by atoms with Gasteiger partial charge in [-0.25, -0.2) is 15.0 Å². The highest BCUT2D eigenvalue weighted by atomic mass is 16.2. The van der Waals surface area contributed by atoms with Crippen LogP contribution < -0.4 is 31.3 Å². The molecule has 1 atom stereocenters. The van der Waals surface area contributed by atoms with Gasteiger partial charge in [-0.05, 0) is 80.0 Å². The van der Waals surface area contributed by atoms with E-state index in [-0.39, 0.29) is 42.3 Å². The lowest BCUT2D eigenvalue weighted by atomic mass is 9.86. The van der Waals surface area contributed by atoms with Crippen molar-refractivity contribution in [2.75, 3.05) is 60.9 Å². The maximum Gasteiger partial charge on any atom is 0.280 e. The molecule has 4 aliphatic rings. The third kappa shape index (κ3) is 8.07. The first kappa shape index (κ1) is 39.4. The largest absolute Gasteiger partial charge is 0.371 e. The molecule has 3 aromatic heterocycles. The lowest BCUT2D eigenvalue weighted by Gasteiger charge is -2.40. The van der Waals surface area contributed by atoms with Crippen LogP contribution in [-0.2, 0) is 20.8 Å². The summed E-state index contributed by atoms with van der Waals surface area (Å²) in [5, 5.41) is 17.8. The molecular formula is C45H49N13O4. The van der Waals surface area contributed by atoms with Gasteiger partial charge in [0.1, 0.15) is 17.9 Å². The zero-order valence-electron chi connectivity index (χ0n) is 34.4. The van der Waals surface area contributed by atoms with Crippen LogP contribution in [0, 0.1) is 5.92 Å². The highest BCUT2D eigenvalue weighted by molar-refractivity contribution is 5.99. The average Bonchev–Trinajstić information content (AvgIpc) is 3.71. The molecule has 17 heteroatoms. The Hall–Kier alpha value is -6.75. The summed E-state index contributed by atoms with van der Waals surface area (Å²) in [7, 11) is 0.